The Balaban J connectivity index is 1.38. The van der Waals surface area contributed by atoms with Gasteiger partial charge in [-0.15, -0.1) is 0 Å². The Bertz CT molecular complexity index is 1870. The number of carbonyl (C=O) groups excluding carboxylic acids is 2. The third kappa shape index (κ3) is 6.89. The molecule has 0 bridgehead atoms. The van der Waals surface area contributed by atoms with Crippen LogP contribution in [0.25, 0.3) is 16.8 Å². The number of guanidine groups is 1. The molecule has 2 aromatic carbocycles. The van der Waals surface area contributed by atoms with E-state index in [9.17, 15) is 18.4 Å². The maximum Gasteiger partial charge on any atom is 0.407 e. The molecule has 1 fully saturated rings. The minimum absolute atomic E-state index is 0.0339. The van der Waals surface area contributed by atoms with E-state index in [2.05, 4.69) is 15.5 Å². The molecule has 49 heavy (non-hydrogen) atoms. The van der Waals surface area contributed by atoms with Crippen molar-refractivity contribution in [3.63, 3.8) is 0 Å². The lowest BCUT2D eigenvalue weighted by Gasteiger charge is -2.35. The summed E-state index contributed by atoms with van der Waals surface area (Å²) in [4.78, 5) is 34.2. The summed E-state index contributed by atoms with van der Waals surface area (Å²) in [6, 6.07) is 13.1. The number of alkyl halides is 2. The van der Waals surface area contributed by atoms with Crippen LogP contribution >= 0.6 is 11.6 Å². The van der Waals surface area contributed by atoms with Crippen LogP contribution in [0.4, 0.5) is 13.6 Å². The van der Waals surface area contributed by atoms with Gasteiger partial charge in [-0.3, -0.25) is 9.69 Å². The number of alkyl carbamates (subject to hydrolysis) is 1. The lowest BCUT2D eigenvalue weighted by atomic mass is 9.75. The molecule has 1 aliphatic heterocycles. The Hall–Kier alpha value is -4.78. The molecule has 3 heterocycles. The highest BCUT2D eigenvalue weighted by Gasteiger charge is 2.53. The smallest absolute Gasteiger partial charge is 0.407 e. The summed E-state index contributed by atoms with van der Waals surface area (Å²) in [5.41, 5.74) is 7.48. The number of hydrogen-bond acceptors (Lipinski definition) is 7. The highest BCUT2D eigenvalue weighted by atomic mass is 35.5. The molecule has 11 nitrogen and oxygen atoms in total. The number of halogens is 3. The molecule has 2 atom stereocenters. The van der Waals surface area contributed by atoms with Gasteiger partial charge in [0.1, 0.15) is 6.61 Å². The van der Waals surface area contributed by atoms with Gasteiger partial charge in [-0.05, 0) is 66.0 Å². The number of nitrogens with zero attached hydrogens (tertiary/aromatic N) is 6. The molecule has 0 spiro atoms. The van der Waals surface area contributed by atoms with E-state index in [0.29, 0.717) is 44.1 Å². The number of rotatable bonds is 11. The van der Waals surface area contributed by atoms with Gasteiger partial charge in [0, 0.05) is 29.7 Å². The van der Waals surface area contributed by atoms with Crippen LogP contribution in [0.15, 0.2) is 78.3 Å². The number of carbonyl (C=O) groups is 2. The van der Waals surface area contributed by atoms with Gasteiger partial charge in [-0.2, -0.15) is 19.0 Å². The molecule has 258 valence electrons. The molecule has 1 saturated carbocycles. The largest absolute Gasteiger partial charge is 0.447 e. The summed E-state index contributed by atoms with van der Waals surface area (Å²) in [5, 5.41) is 11.4. The number of ether oxygens (including phenoxy) is 1. The van der Waals surface area contributed by atoms with Gasteiger partial charge >= 0.3 is 12.6 Å². The second kappa shape index (κ2) is 12.9. The fraction of sp³-hybridized carbons (Fsp3) is 0.400. The molecule has 1 unspecified atom stereocenters. The van der Waals surface area contributed by atoms with Gasteiger partial charge < -0.3 is 15.8 Å². The molecule has 1 aliphatic carbocycles. The van der Waals surface area contributed by atoms with Gasteiger partial charge in [-0.25, -0.2) is 19.2 Å². The SMILES string of the molecule is CCC1(NC(=O)OCC(c2ccc(Cl)c(-n3cccn3)c2)N2C(=O)[C@@](CC(C)(C)C)(c3ccc(-c4cnn(C(F)F)c4)cc3)N=C2N)CC1. The number of benzene rings is 2. The van der Waals surface area contributed by atoms with E-state index in [4.69, 9.17) is 27.1 Å². The van der Waals surface area contributed by atoms with Crippen molar-refractivity contribution in [2.45, 2.75) is 77.0 Å². The summed E-state index contributed by atoms with van der Waals surface area (Å²) in [6.45, 7) is 5.05. The van der Waals surface area contributed by atoms with E-state index in [1.807, 2.05) is 27.7 Å². The first kappa shape index (κ1) is 34.1. The minimum Gasteiger partial charge on any atom is -0.447 e. The van der Waals surface area contributed by atoms with E-state index >= 15 is 0 Å². The van der Waals surface area contributed by atoms with E-state index in [-0.39, 0.29) is 23.5 Å². The third-order valence-electron chi connectivity index (χ3n) is 9.10. The fourth-order valence-corrected chi connectivity index (χ4v) is 6.58. The predicted molar refractivity (Wildman–Crippen MR) is 181 cm³/mol. The molecular formula is C35H39ClF2N8O3. The van der Waals surface area contributed by atoms with Crippen LogP contribution in [-0.2, 0) is 15.1 Å². The summed E-state index contributed by atoms with van der Waals surface area (Å²) < 4.78 is 34.3. The minimum atomic E-state index is -2.76. The van der Waals surface area contributed by atoms with Gasteiger partial charge in [-0.1, -0.05) is 69.6 Å². The maximum absolute atomic E-state index is 14.9. The highest BCUT2D eigenvalue weighted by Crippen LogP contribution is 2.45. The van der Waals surface area contributed by atoms with Crippen LogP contribution in [0.2, 0.25) is 5.02 Å². The number of hydrogen-bond donors (Lipinski definition) is 2. The van der Waals surface area contributed by atoms with Crippen LogP contribution in [0, 0.1) is 5.41 Å². The molecule has 3 N–H and O–H groups in total. The van der Waals surface area contributed by atoms with Crippen molar-refractivity contribution in [3.05, 3.63) is 89.5 Å². The van der Waals surface area contributed by atoms with Gasteiger partial charge in [0.15, 0.2) is 11.5 Å². The van der Waals surface area contributed by atoms with Crippen molar-refractivity contribution in [2.24, 2.45) is 16.1 Å². The standard InChI is InChI=1S/C35H39ClF2N8O3/c1-5-34(13-14-34)43-32(48)49-20-28(23-9-12-26(36)27(17-23)44-16-6-15-40-44)46-29(47)35(42-31(46)39,21-33(2,3)4)25-10-7-22(8-11-25)24-18-41-45(19-24)30(37)38/h6-12,15-19,28,30H,5,13-14,20-21H2,1-4H3,(H2,39,42)(H,43,48)/t28?,35-/m1/s1. The Kier molecular flexibility index (Phi) is 8.99. The van der Waals surface area contributed by atoms with Gasteiger partial charge in [0.2, 0.25) is 0 Å². The zero-order valence-corrected chi connectivity index (χ0v) is 28.5. The quantitative estimate of drug-likeness (QED) is 0.174. The normalized spacial score (nSPS) is 19.2. The zero-order chi connectivity index (χ0) is 35.1. The molecule has 14 heteroatoms. The van der Waals surface area contributed by atoms with E-state index in [0.717, 1.165) is 19.3 Å². The number of aliphatic imine (C=N–C) groups is 1. The molecule has 2 aliphatic rings. The number of amides is 2. The Morgan fingerprint density at radius 2 is 1.86 bits per heavy atom. The topological polar surface area (TPSA) is 133 Å². The summed E-state index contributed by atoms with van der Waals surface area (Å²) in [5.74, 6) is -0.427. The Morgan fingerprint density at radius 3 is 2.45 bits per heavy atom. The summed E-state index contributed by atoms with van der Waals surface area (Å²) >= 11 is 6.58. The summed E-state index contributed by atoms with van der Waals surface area (Å²) in [6.07, 6.45) is 8.24. The first-order chi connectivity index (χ1) is 23.2. The lowest BCUT2D eigenvalue weighted by molar-refractivity contribution is -0.135. The van der Waals surface area contributed by atoms with Gasteiger partial charge in [0.05, 0.1) is 22.9 Å². The first-order valence-corrected chi connectivity index (χ1v) is 16.5. The van der Waals surface area contributed by atoms with Crippen molar-refractivity contribution >= 4 is 29.6 Å². The fourth-order valence-electron chi connectivity index (χ4n) is 6.38. The predicted octanol–water partition coefficient (Wildman–Crippen LogP) is 6.98. The lowest BCUT2D eigenvalue weighted by Crippen LogP contribution is -2.48. The maximum atomic E-state index is 14.9. The molecule has 0 saturated heterocycles. The van der Waals surface area contributed by atoms with E-state index < -0.39 is 30.1 Å². The van der Waals surface area contributed by atoms with Crippen molar-refractivity contribution in [3.8, 4) is 16.8 Å². The first-order valence-electron chi connectivity index (χ1n) is 16.1. The van der Waals surface area contributed by atoms with Crippen LogP contribution in [0.3, 0.4) is 0 Å². The van der Waals surface area contributed by atoms with Crippen LogP contribution in [0.5, 0.6) is 0 Å². The van der Waals surface area contributed by atoms with Gasteiger partial charge in [0.25, 0.3) is 5.91 Å². The number of aromatic nitrogens is 4. The van der Waals surface area contributed by atoms with Crippen molar-refractivity contribution < 1.29 is 23.1 Å². The monoisotopic (exact) mass is 692 g/mol. The molecule has 2 aromatic heterocycles. The Morgan fingerprint density at radius 1 is 1.12 bits per heavy atom. The van der Waals surface area contributed by atoms with Crippen molar-refractivity contribution in [1.82, 2.24) is 29.8 Å². The van der Waals surface area contributed by atoms with Crippen LogP contribution in [0.1, 0.15) is 77.1 Å². The second-order valence-electron chi connectivity index (χ2n) is 13.8. The van der Waals surface area contributed by atoms with Crippen molar-refractivity contribution in [1.29, 1.82) is 0 Å². The Labute approximate surface area is 288 Å². The third-order valence-corrected chi connectivity index (χ3v) is 9.42. The molecule has 6 rings (SSSR count). The summed E-state index contributed by atoms with van der Waals surface area (Å²) in [7, 11) is 0. The van der Waals surface area contributed by atoms with Crippen molar-refractivity contribution in [2.75, 3.05) is 6.61 Å². The van der Waals surface area contributed by atoms with Crippen LogP contribution < -0.4 is 11.1 Å². The van der Waals surface area contributed by atoms with E-state index in [1.165, 1.54) is 17.3 Å². The number of nitrogens with two attached hydrogens (primary N) is 1. The molecule has 4 aromatic rings. The molecule has 2 amide bonds. The molecule has 0 radical (unpaired) electrons. The second-order valence-corrected chi connectivity index (χ2v) is 14.2. The van der Waals surface area contributed by atoms with Crippen LogP contribution in [-0.4, -0.2) is 54.6 Å². The average Bonchev–Trinajstić information content (AvgIpc) is 3.39. The highest BCUT2D eigenvalue weighted by molar-refractivity contribution is 6.32. The zero-order valence-electron chi connectivity index (χ0n) is 27.7. The average molecular weight is 693 g/mol. The molecular weight excluding hydrogens is 654 g/mol. The number of nitrogens with one attached hydrogen (secondary N) is 1. The van der Waals surface area contributed by atoms with E-state index in [1.54, 1.807) is 65.6 Å².